The number of halogens is 1. The van der Waals surface area contributed by atoms with E-state index in [-0.39, 0.29) is 16.1 Å². The molecule has 0 aromatic heterocycles. The first-order chi connectivity index (χ1) is 6.06. The van der Waals surface area contributed by atoms with E-state index in [4.69, 9.17) is 16.7 Å². The van der Waals surface area contributed by atoms with Crippen molar-refractivity contribution in [2.75, 3.05) is 0 Å². The van der Waals surface area contributed by atoms with Crippen LogP contribution in [0.25, 0.3) is 0 Å². The number of aryl methyl sites for hydroxylation is 1. The van der Waals surface area contributed by atoms with Gasteiger partial charge in [-0.1, -0.05) is 11.6 Å². The molecule has 3 nitrogen and oxygen atoms in total. The summed E-state index contributed by atoms with van der Waals surface area (Å²) in [4.78, 5) is 21.1. The molecule has 0 bridgehead atoms. The van der Waals surface area contributed by atoms with E-state index in [0.29, 0.717) is 11.8 Å². The van der Waals surface area contributed by atoms with Crippen molar-refractivity contribution in [1.82, 2.24) is 0 Å². The number of aromatic carboxylic acids is 1. The highest BCUT2D eigenvalue weighted by Gasteiger charge is 2.10. The summed E-state index contributed by atoms with van der Waals surface area (Å²) in [5.41, 5.74) is 0.847. The monoisotopic (exact) mass is 198 g/mol. The van der Waals surface area contributed by atoms with Crippen LogP contribution < -0.4 is 0 Å². The van der Waals surface area contributed by atoms with Crippen LogP contribution >= 0.6 is 11.6 Å². The van der Waals surface area contributed by atoms with Crippen molar-refractivity contribution >= 4 is 23.9 Å². The van der Waals surface area contributed by atoms with Gasteiger partial charge in [0, 0.05) is 5.56 Å². The lowest BCUT2D eigenvalue weighted by atomic mass is 10.1. The maximum absolute atomic E-state index is 10.6. The molecule has 1 N–H and O–H groups in total. The molecule has 13 heavy (non-hydrogen) atoms. The highest BCUT2D eigenvalue weighted by atomic mass is 35.5. The summed E-state index contributed by atoms with van der Waals surface area (Å²) >= 11 is 5.68. The van der Waals surface area contributed by atoms with Crippen LogP contribution in [0.2, 0.25) is 5.02 Å². The van der Waals surface area contributed by atoms with Crippen LogP contribution in [0, 0.1) is 6.92 Å². The second kappa shape index (κ2) is 3.58. The fourth-order valence-electron chi connectivity index (χ4n) is 1.01. The fourth-order valence-corrected chi connectivity index (χ4v) is 1.27. The second-order valence-electron chi connectivity index (χ2n) is 2.61. The smallest absolute Gasteiger partial charge is 0.335 e. The number of carboxylic acids is 1. The molecular weight excluding hydrogens is 192 g/mol. The van der Waals surface area contributed by atoms with Crippen LogP contribution in [0.1, 0.15) is 26.3 Å². The normalized spacial score (nSPS) is 9.69. The number of rotatable bonds is 2. The molecule has 0 heterocycles. The largest absolute Gasteiger partial charge is 0.478 e. The zero-order valence-corrected chi connectivity index (χ0v) is 7.63. The number of hydrogen-bond acceptors (Lipinski definition) is 2. The number of carbonyl (C=O) groups excluding carboxylic acids is 1. The van der Waals surface area contributed by atoms with Gasteiger partial charge in [-0.05, 0) is 24.6 Å². The van der Waals surface area contributed by atoms with Crippen molar-refractivity contribution in [2.45, 2.75) is 6.92 Å². The molecule has 0 amide bonds. The molecule has 0 spiro atoms. The Balaban J connectivity index is 3.38. The Morgan fingerprint density at radius 2 is 2.15 bits per heavy atom. The molecule has 1 aromatic carbocycles. The number of carbonyl (C=O) groups is 2. The molecule has 0 fully saturated rings. The Labute approximate surface area is 79.9 Å². The topological polar surface area (TPSA) is 54.4 Å². The van der Waals surface area contributed by atoms with Crippen LogP contribution in [0.4, 0.5) is 0 Å². The third kappa shape index (κ3) is 1.87. The zero-order valence-electron chi connectivity index (χ0n) is 6.87. The molecule has 0 atom stereocenters. The van der Waals surface area contributed by atoms with Gasteiger partial charge in [-0.2, -0.15) is 0 Å². The predicted octanol–water partition coefficient (Wildman–Crippen LogP) is 2.16. The summed E-state index contributed by atoms with van der Waals surface area (Å²) in [7, 11) is 0. The lowest BCUT2D eigenvalue weighted by Gasteiger charge is -2.02. The molecule has 1 rings (SSSR count). The third-order valence-corrected chi connectivity index (χ3v) is 2.03. The zero-order chi connectivity index (χ0) is 10.0. The Kier molecular flexibility index (Phi) is 2.68. The summed E-state index contributed by atoms with van der Waals surface area (Å²) in [6.45, 7) is 1.63. The summed E-state index contributed by atoms with van der Waals surface area (Å²) in [5.74, 6) is -1.06. The van der Waals surface area contributed by atoms with Crippen molar-refractivity contribution in [3.05, 3.63) is 33.8 Å². The first-order valence-corrected chi connectivity index (χ1v) is 3.92. The lowest BCUT2D eigenvalue weighted by molar-refractivity contribution is 0.0696. The van der Waals surface area contributed by atoms with Gasteiger partial charge in [0.2, 0.25) is 0 Å². The molecule has 0 aliphatic heterocycles. The molecule has 0 aliphatic rings. The van der Waals surface area contributed by atoms with Crippen LogP contribution in [0.5, 0.6) is 0 Å². The van der Waals surface area contributed by atoms with Crippen molar-refractivity contribution in [3.8, 4) is 0 Å². The number of hydrogen-bond donors (Lipinski definition) is 1. The van der Waals surface area contributed by atoms with E-state index >= 15 is 0 Å². The van der Waals surface area contributed by atoms with Crippen LogP contribution in [-0.2, 0) is 0 Å². The molecule has 0 saturated carbocycles. The van der Waals surface area contributed by atoms with E-state index in [2.05, 4.69) is 0 Å². The first kappa shape index (κ1) is 9.74. The van der Waals surface area contributed by atoms with Gasteiger partial charge in [0.15, 0.2) is 6.29 Å². The van der Waals surface area contributed by atoms with Gasteiger partial charge in [-0.3, -0.25) is 4.79 Å². The van der Waals surface area contributed by atoms with E-state index < -0.39 is 5.97 Å². The minimum absolute atomic E-state index is 0.103. The van der Waals surface area contributed by atoms with Crippen molar-refractivity contribution < 1.29 is 14.7 Å². The summed E-state index contributed by atoms with van der Waals surface area (Å²) < 4.78 is 0. The fraction of sp³-hybridized carbons (Fsp3) is 0.111. The summed E-state index contributed by atoms with van der Waals surface area (Å²) in [6, 6.07) is 2.74. The van der Waals surface area contributed by atoms with Gasteiger partial charge in [0.25, 0.3) is 0 Å². The van der Waals surface area contributed by atoms with E-state index in [9.17, 15) is 9.59 Å². The minimum atomic E-state index is -1.06. The maximum atomic E-state index is 10.6. The van der Waals surface area contributed by atoms with Crippen LogP contribution in [-0.4, -0.2) is 17.4 Å². The van der Waals surface area contributed by atoms with E-state index in [0.717, 1.165) is 0 Å². The number of aldehydes is 1. The van der Waals surface area contributed by atoms with Crippen LogP contribution in [0.15, 0.2) is 12.1 Å². The van der Waals surface area contributed by atoms with Gasteiger partial charge >= 0.3 is 5.97 Å². The lowest BCUT2D eigenvalue weighted by Crippen LogP contribution is -2.01. The molecule has 0 radical (unpaired) electrons. The van der Waals surface area contributed by atoms with Crippen molar-refractivity contribution in [1.29, 1.82) is 0 Å². The molecule has 0 aliphatic carbocycles. The Hall–Kier alpha value is -1.35. The van der Waals surface area contributed by atoms with Gasteiger partial charge in [0.1, 0.15) is 0 Å². The average Bonchev–Trinajstić information content (AvgIpc) is 2.03. The van der Waals surface area contributed by atoms with Crippen molar-refractivity contribution in [2.24, 2.45) is 0 Å². The van der Waals surface area contributed by atoms with Crippen LogP contribution in [0.3, 0.4) is 0 Å². The van der Waals surface area contributed by atoms with Gasteiger partial charge in [-0.15, -0.1) is 0 Å². The van der Waals surface area contributed by atoms with E-state index in [1.807, 2.05) is 0 Å². The molecule has 4 heteroatoms. The van der Waals surface area contributed by atoms with Crippen molar-refractivity contribution in [3.63, 3.8) is 0 Å². The molecule has 0 saturated heterocycles. The summed E-state index contributed by atoms with van der Waals surface area (Å²) in [5, 5.41) is 8.99. The summed E-state index contributed by atoms with van der Waals surface area (Å²) in [6.07, 6.45) is 0.536. The second-order valence-corrected chi connectivity index (χ2v) is 3.02. The molecule has 0 unspecified atom stereocenters. The standard InChI is InChI=1S/C9H7ClO3/c1-5-2-8(10)6(4-11)3-7(5)9(12)13/h2-4H,1H3,(H,12,13). The quantitative estimate of drug-likeness (QED) is 0.741. The Morgan fingerprint density at radius 1 is 1.54 bits per heavy atom. The van der Waals surface area contributed by atoms with E-state index in [1.54, 1.807) is 6.92 Å². The number of carboxylic acid groups (broad SMARTS) is 1. The average molecular weight is 199 g/mol. The van der Waals surface area contributed by atoms with E-state index in [1.165, 1.54) is 12.1 Å². The molecular formula is C9H7ClO3. The Bertz CT molecular complexity index is 371. The number of benzene rings is 1. The highest BCUT2D eigenvalue weighted by molar-refractivity contribution is 6.33. The molecule has 1 aromatic rings. The first-order valence-electron chi connectivity index (χ1n) is 3.55. The van der Waals surface area contributed by atoms with Gasteiger partial charge in [0.05, 0.1) is 10.6 Å². The maximum Gasteiger partial charge on any atom is 0.335 e. The predicted molar refractivity (Wildman–Crippen MR) is 48.5 cm³/mol. The Morgan fingerprint density at radius 3 is 2.62 bits per heavy atom. The highest BCUT2D eigenvalue weighted by Crippen LogP contribution is 2.19. The van der Waals surface area contributed by atoms with Gasteiger partial charge in [-0.25, -0.2) is 4.79 Å². The molecule has 68 valence electrons. The van der Waals surface area contributed by atoms with Gasteiger partial charge < -0.3 is 5.11 Å². The minimum Gasteiger partial charge on any atom is -0.478 e. The third-order valence-electron chi connectivity index (χ3n) is 1.70. The SMILES string of the molecule is Cc1cc(Cl)c(C=O)cc1C(=O)O.